The summed E-state index contributed by atoms with van der Waals surface area (Å²) >= 11 is 6.28. The molecule has 3 aromatic rings. The molecule has 0 spiro atoms. The maximum absolute atomic E-state index is 12.9. The Morgan fingerprint density at radius 1 is 1.00 bits per heavy atom. The van der Waals surface area contributed by atoms with E-state index in [9.17, 15) is 4.79 Å². The molecule has 150 valence electrons. The minimum Gasteiger partial charge on any atom is -0.478 e. The number of hydrogen-bond donors (Lipinski definition) is 0. The highest BCUT2D eigenvalue weighted by Crippen LogP contribution is 2.42. The topological polar surface area (TPSA) is 38.8 Å². The van der Waals surface area contributed by atoms with Crippen molar-refractivity contribution in [3.05, 3.63) is 99.8 Å². The first-order chi connectivity index (χ1) is 14.7. The van der Waals surface area contributed by atoms with Crippen molar-refractivity contribution in [3.8, 4) is 11.5 Å². The van der Waals surface area contributed by atoms with Crippen LogP contribution < -0.4 is 9.47 Å². The van der Waals surface area contributed by atoms with Gasteiger partial charge in [0, 0.05) is 18.1 Å². The molecule has 2 heterocycles. The third kappa shape index (κ3) is 3.60. The summed E-state index contributed by atoms with van der Waals surface area (Å²) in [6.45, 7) is 1.96. The van der Waals surface area contributed by atoms with Crippen molar-refractivity contribution >= 4 is 23.5 Å². The van der Waals surface area contributed by atoms with Crippen molar-refractivity contribution in [2.24, 2.45) is 0 Å². The lowest BCUT2D eigenvalue weighted by atomic mass is 10.0. The van der Waals surface area contributed by atoms with E-state index in [4.69, 9.17) is 21.1 Å². The van der Waals surface area contributed by atoms with Gasteiger partial charge in [0.2, 0.25) is 5.78 Å². The SMILES string of the molecule is O=C1/C(=C/c2ccccc2)Oc2c1ccc1c2CN(CCc2ccccc2Cl)CO1. The van der Waals surface area contributed by atoms with Crippen LogP contribution in [0.1, 0.15) is 27.0 Å². The smallest absolute Gasteiger partial charge is 0.231 e. The Morgan fingerprint density at radius 3 is 2.63 bits per heavy atom. The van der Waals surface area contributed by atoms with Crippen LogP contribution in [-0.4, -0.2) is 24.0 Å². The molecule has 30 heavy (non-hydrogen) atoms. The van der Waals surface area contributed by atoms with E-state index in [1.165, 1.54) is 0 Å². The molecule has 0 saturated heterocycles. The van der Waals surface area contributed by atoms with Crippen LogP contribution in [0.3, 0.4) is 0 Å². The van der Waals surface area contributed by atoms with Crippen molar-refractivity contribution in [1.82, 2.24) is 4.90 Å². The molecule has 3 aromatic carbocycles. The number of halogens is 1. The first-order valence-corrected chi connectivity index (χ1v) is 10.3. The van der Waals surface area contributed by atoms with Crippen molar-refractivity contribution < 1.29 is 14.3 Å². The third-order valence-corrected chi connectivity index (χ3v) is 5.80. The lowest BCUT2D eigenvalue weighted by molar-refractivity contribution is 0.0950. The minimum absolute atomic E-state index is 0.0927. The molecular formula is C25H20ClNO3. The van der Waals surface area contributed by atoms with Crippen LogP contribution in [0.5, 0.6) is 11.5 Å². The largest absolute Gasteiger partial charge is 0.478 e. The number of ether oxygens (including phenoxy) is 2. The van der Waals surface area contributed by atoms with E-state index in [1.54, 1.807) is 12.1 Å². The number of allylic oxidation sites excluding steroid dienone is 1. The number of carbonyl (C=O) groups excluding carboxylic acids is 1. The molecular weight excluding hydrogens is 398 g/mol. The van der Waals surface area contributed by atoms with Gasteiger partial charge in [-0.2, -0.15) is 0 Å². The average Bonchev–Trinajstić information content (AvgIpc) is 3.09. The predicted molar refractivity (Wildman–Crippen MR) is 117 cm³/mol. The van der Waals surface area contributed by atoms with E-state index in [-0.39, 0.29) is 5.78 Å². The summed E-state index contributed by atoms with van der Waals surface area (Å²) in [6, 6.07) is 21.3. The van der Waals surface area contributed by atoms with E-state index in [1.807, 2.05) is 60.7 Å². The highest BCUT2D eigenvalue weighted by atomic mass is 35.5. The fourth-order valence-corrected chi connectivity index (χ4v) is 4.06. The number of nitrogens with zero attached hydrogens (tertiary/aromatic N) is 1. The van der Waals surface area contributed by atoms with Crippen LogP contribution in [0.15, 0.2) is 72.5 Å². The summed E-state index contributed by atoms with van der Waals surface area (Å²) in [5.74, 6) is 1.64. The molecule has 0 bridgehead atoms. The summed E-state index contributed by atoms with van der Waals surface area (Å²) in [5.41, 5.74) is 3.55. The van der Waals surface area contributed by atoms with Crippen molar-refractivity contribution in [2.45, 2.75) is 13.0 Å². The quantitative estimate of drug-likeness (QED) is 0.536. The van der Waals surface area contributed by atoms with E-state index in [2.05, 4.69) is 4.90 Å². The van der Waals surface area contributed by atoms with Gasteiger partial charge in [-0.1, -0.05) is 60.1 Å². The molecule has 5 rings (SSSR count). The molecule has 0 fully saturated rings. The highest BCUT2D eigenvalue weighted by Gasteiger charge is 2.33. The van der Waals surface area contributed by atoms with Crippen molar-refractivity contribution in [2.75, 3.05) is 13.3 Å². The molecule has 0 radical (unpaired) electrons. The number of benzene rings is 3. The molecule has 0 saturated carbocycles. The number of fused-ring (bicyclic) bond motifs is 3. The van der Waals surface area contributed by atoms with Gasteiger partial charge in [-0.3, -0.25) is 9.69 Å². The molecule has 0 unspecified atom stereocenters. The van der Waals surface area contributed by atoms with Gasteiger partial charge in [0.15, 0.2) is 5.76 Å². The van der Waals surface area contributed by atoms with Gasteiger partial charge in [0.05, 0.1) is 11.1 Å². The second kappa shape index (κ2) is 7.98. The Hall–Kier alpha value is -3.08. The van der Waals surface area contributed by atoms with E-state index in [0.29, 0.717) is 30.3 Å². The molecule has 0 amide bonds. The molecule has 0 N–H and O–H groups in total. The summed E-state index contributed by atoms with van der Waals surface area (Å²) in [6.07, 6.45) is 2.61. The van der Waals surface area contributed by atoms with Gasteiger partial charge in [-0.25, -0.2) is 0 Å². The highest BCUT2D eigenvalue weighted by molar-refractivity contribution is 6.31. The Kier molecular flexibility index (Phi) is 5.03. The van der Waals surface area contributed by atoms with E-state index in [0.717, 1.165) is 40.4 Å². The van der Waals surface area contributed by atoms with Gasteiger partial charge in [0.25, 0.3) is 0 Å². The molecule has 0 aliphatic carbocycles. The monoisotopic (exact) mass is 417 g/mol. The first-order valence-electron chi connectivity index (χ1n) is 9.93. The fourth-order valence-electron chi connectivity index (χ4n) is 3.83. The van der Waals surface area contributed by atoms with Gasteiger partial charge in [-0.05, 0) is 41.8 Å². The van der Waals surface area contributed by atoms with Crippen LogP contribution in [0.4, 0.5) is 0 Å². The van der Waals surface area contributed by atoms with Gasteiger partial charge >= 0.3 is 0 Å². The maximum Gasteiger partial charge on any atom is 0.231 e. The summed E-state index contributed by atoms with van der Waals surface area (Å²) in [4.78, 5) is 15.0. The van der Waals surface area contributed by atoms with Gasteiger partial charge in [-0.15, -0.1) is 0 Å². The van der Waals surface area contributed by atoms with Crippen LogP contribution >= 0.6 is 11.6 Å². The molecule has 5 heteroatoms. The predicted octanol–water partition coefficient (Wildman–Crippen LogP) is 5.35. The summed E-state index contributed by atoms with van der Waals surface area (Å²) < 4.78 is 12.0. The minimum atomic E-state index is -0.0927. The third-order valence-electron chi connectivity index (χ3n) is 5.43. The number of ketones is 1. The first kappa shape index (κ1) is 18.9. The van der Waals surface area contributed by atoms with Crippen LogP contribution in [0.25, 0.3) is 6.08 Å². The number of rotatable bonds is 4. The lowest BCUT2D eigenvalue weighted by Crippen LogP contribution is -2.33. The zero-order valence-electron chi connectivity index (χ0n) is 16.3. The molecule has 0 aromatic heterocycles. The Labute approximate surface area is 180 Å². The fraction of sp³-hybridized carbons (Fsp3) is 0.160. The average molecular weight is 418 g/mol. The summed E-state index contributed by atoms with van der Waals surface area (Å²) in [7, 11) is 0. The molecule has 4 nitrogen and oxygen atoms in total. The molecule has 2 aliphatic rings. The Balaban J connectivity index is 1.37. The maximum atomic E-state index is 12.9. The van der Waals surface area contributed by atoms with Crippen molar-refractivity contribution in [3.63, 3.8) is 0 Å². The van der Waals surface area contributed by atoms with Crippen molar-refractivity contribution in [1.29, 1.82) is 0 Å². The Bertz CT molecular complexity index is 1140. The summed E-state index contributed by atoms with van der Waals surface area (Å²) in [5, 5.41) is 0.779. The second-order valence-electron chi connectivity index (χ2n) is 7.44. The molecule has 0 atom stereocenters. The van der Waals surface area contributed by atoms with Crippen LogP contribution in [-0.2, 0) is 13.0 Å². The van der Waals surface area contributed by atoms with E-state index >= 15 is 0 Å². The van der Waals surface area contributed by atoms with Gasteiger partial charge in [0.1, 0.15) is 18.2 Å². The molecule has 2 aliphatic heterocycles. The standard InChI is InChI=1S/C25H20ClNO3/c26-21-9-5-4-8-18(21)12-13-27-15-20-22(29-16-27)11-10-19-24(28)23(30-25(19)20)14-17-6-2-1-3-7-17/h1-11,14H,12-13,15-16H2/b23-14-. The number of carbonyl (C=O) groups is 1. The van der Waals surface area contributed by atoms with Crippen LogP contribution in [0.2, 0.25) is 5.02 Å². The number of Topliss-reactive ketones (excluding diaryl/α,β-unsaturated/α-hetero) is 1. The Morgan fingerprint density at radius 2 is 1.80 bits per heavy atom. The van der Waals surface area contributed by atoms with E-state index < -0.39 is 0 Å². The zero-order valence-corrected chi connectivity index (χ0v) is 17.1. The second-order valence-corrected chi connectivity index (χ2v) is 7.84. The normalized spacial score (nSPS) is 16.7. The van der Waals surface area contributed by atoms with Gasteiger partial charge < -0.3 is 9.47 Å². The van der Waals surface area contributed by atoms with Crippen LogP contribution in [0, 0.1) is 0 Å². The zero-order chi connectivity index (χ0) is 20.5. The lowest BCUT2D eigenvalue weighted by Gasteiger charge is -2.29. The number of hydrogen-bond acceptors (Lipinski definition) is 4.